The number of aromatic nitrogens is 2. The summed E-state index contributed by atoms with van der Waals surface area (Å²) in [5.41, 5.74) is 5.26. The first-order valence-corrected chi connectivity index (χ1v) is 8.04. The number of benzene rings is 1. The fourth-order valence-electron chi connectivity index (χ4n) is 2.48. The molecule has 3 aromatic rings. The number of aryl methyl sites for hydroxylation is 2. The molecule has 0 unspecified atom stereocenters. The molecule has 0 bridgehead atoms. The van der Waals surface area contributed by atoms with Gasteiger partial charge >= 0.3 is 0 Å². The second-order valence-corrected chi connectivity index (χ2v) is 6.43. The van der Waals surface area contributed by atoms with Crippen molar-refractivity contribution in [3.63, 3.8) is 0 Å². The first kappa shape index (κ1) is 15.4. The molecular weight excluding hydrogens is 306 g/mol. The summed E-state index contributed by atoms with van der Waals surface area (Å²) in [6.45, 7) is 5.62. The highest BCUT2D eigenvalue weighted by molar-refractivity contribution is 7.19. The van der Waals surface area contributed by atoms with Gasteiger partial charge in [-0.3, -0.25) is 9.78 Å². The van der Waals surface area contributed by atoms with Crippen LogP contribution in [-0.2, 0) is 4.79 Å². The molecule has 2 aromatic heterocycles. The average molecular weight is 322 g/mol. The summed E-state index contributed by atoms with van der Waals surface area (Å²) in [4.78, 5) is 20.9. The zero-order valence-electron chi connectivity index (χ0n) is 13.2. The van der Waals surface area contributed by atoms with E-state index in [1.807, 2.05) is 12.1 Å². The Morgan fingerprint density at radius 2 is 1.91 bits per heavy atom. The molecule has 0 saturated carbocycles. The van der Waals surface area contributed by atoms with Crippen molar-refractivity contribution in [1.82, 2.24) is 9.97 Å². The van der Waals surface area contributed by atoms with Gasteiger partial charge in [0.05, 0.1) is 16.8 Å². The van der Waals surface area contributed by atoms with Crippen molar-refractivity contribution >= 4 is 22.4 Å². The topological polar surface area (TPSA) is 54.9 Å². The fraction of sp³-hybridized carbons (Fsp3) is 0.167. The van der Waals surface area contributed by atoms with E-state index in [0.717, 1.165) is 21.7 Å². The molecule has 0 saturated heterocycles. The summed E-state index contributed by atoms with van der Waals surface area (Å²) >= 11 is 1.46. The molecule has 1 aromatic carbocycles. The summed E-state index contributed by atoms with van der Waals surface area (Å²) in [5.74, 6) is -0.126. The molecule has 0 atom stereocenters. The van der Waals surface area contributed by atoms with E-state index in [4.69, 9.17) is 0 Å². The van der Waals surface area contributed by atoms with Crippen LogP contribution in [0.15, 0.2) is 36.5 Å². The maximum Gasteiger partial charge on any atom is 0.223 e. The summed E-state index contributed by atoms with van der Waals surface area (Å²) in [5, 5.41) is 3.37. The predicted octanol–water partition coefficient (Wildman–Crippen LogP) is 4.25. The molecule has 1 amide bonds. The van der Waals surface area contributed by atoms with Gasteiger partial charge in [-0.1, -0.05) is 28.5 Å². The minimum absolute atomic E-state index is 0.126. The largest absolute Gasteiger partial charge is 0.302 e. The Kier molecular flexibility index (Phi) is 4.21. The van der Waals surface area contributed by atoms with Gasteiger partial charge in [-0.2, -0.15) is 0 Å². The van der Waals surface area contributed by atoms with Gasteiger partial charge in [0.15, 0.2) is 5.13 Å². The molecule has 2 heterocycles. The van der Waals surface area contributed by atoms with Crippen LogP contribution in [0.5, 0.6) is 0 Å². The van der Waals surface area contributed by atoms with E-state index in [9.17, 15) is 4.79 Å². The summed E-state index contributed by atoms with van der Waals surface area (Å²) in [6.07, 6.45) is 4.56. The summed E-state index contributed by atoms with van der Waals surface area (Å²) in [7, 11) is 0. The van der Waals surface area contributed by atoms with Gasteiger partial charge in [0.1, 0.15) is 0 Å². The van der Waals surface area contributed by atoms with Crippen molar-refractivity contribution in [1.29, 1.82) is 0 Å². The van der Waals surface area contributed by atoms with Gasteiger partial charge in [-0.05, 0) is 43.7 Å². The van der Waals surface area contributed by atoms with Gasteiger partial charge in [-0.15, -0.1) is 0 Å². The Morgan fingerprint density at radius 3 is 2.52 bits per heavy atom. The number of anilines is 1. The lowest BCUT2D eigenvalue weighted by atomic mass is 10.0. The third-order valence-electron chi connectivity index (χ3n) is 3.29. The van der Waals surface area contributed by atoms with Crippen LogP contribution >= 0.6 is 11.3 Å². The molecule has 1 radical (unpaired) electrons. The van der Waals surface area contributed by atoms with Crippen molar-refractivity contribution in [2.75, 3.05) is 5.32 Å². The summed E-state index contributed by atoms with van der Waals surface area (Å²) < 4.78 is 0. The number of nitrogens with one attached hydrogen (secondary N) is 1. The second kappa shape index (κ2) is 6.30. The van der Waals surface area contributed by atoms with Crippen LogP contribution in [0.25, 0.3) is 21.7 Å². The molecule has 0 aliphatic heterocycles. The van der Waals surface area contributed by atoms with Gasteiger partial charge in [0.2, 0.25) is 5.91 Å². The number of carbonyl (C=O) groups is 1. The standard InChI is InChI=1S/C18H16N3OS/c1-11-8-12(2)10-15(9-11)16-17(14-4-6-19-7-5-14)23-18(21-16)20-13(3)22/h4-6,8-10H,1-3H3,(H,20,21,22). The Bertz CT molecular complexity index is 836. The highest BCUT2D eigenvalue weighted by Gasteiger charge is 2.16. The Labute approximate surface area is 139 Å². The molecule has 5 heteroatoms. The predicted molar refractivity (Wildman–Crippen MR) is 93.4 cm³/mol. The second-order valence-electron chi connectivity index (χ2n) is 5.43. The molecule has 115 valence electrons. The Balaban J connectivity index is 2.17. The van der Waals surface area contributed by atoms with Crippen LogP contribution < -0.4 is 5.32 Å². The number of hydrogen-bond donors (Lipinski definition) is 1. The van der Waals surface area contributed by atoms with Gasteiger partial charge in [0, 0.05) is 18.7 Å². The smallest absolute Gasteiger partial charge is 0.223 e. The number of amides is 1. The van der Waals surface area contributed by atoms with Crippen LogP contribution in [0, 0.1) is 20.0 Å². The van der Waals surface area contributed by atoms with Crippen LogP contribution in [0.3, 0.4) is 0 Å². The third-order valence-corrected chi connectivity index (χ3v) is 4.31. The highest BCUT2D eigenvalue weighted by atomic mass is 32.1. The first-order chi connectivity index (χ1) is 11.0. The molecular formula is C18H16N3OS. The zero-order valence-corrected chi connectivity index (χ0v) is 14.0. The summed E-state index contributed by atoms with van der Waals surface area (Å²) in [6, 6.07) is 10.1. The van der Waals surface area contributed by atoms with Crippen molar-refractivity contribution in [2.45, 2.75) is 20.8 Å². The van der Waals surface area contributed by atoms with Crippen molar-refractivity contribution in [3.8, 4) is 21.7 Å². The number of thiazole rings is 1. The van der Waals surface area contributed by atoms with E-state index < -0.39 is 0 Å². The van der Waals surface area contributed by atoms with E-state index in [0.29, 0.717) is 5.13 Å². The lowest BCUT2D eigenvalue weighted by Gasteiger charge is -2.05. The number of hydrogen-bond acceptors (Lipinski definition) is 4. The molecule has 0 fully saturated rings. The molecule has 0 aliphatic carbocycles. The van der Waals surface area contributed by atoms with E-state index in [1.165, 1.54) is 29.4 Å². The minimum Gasteiger partial charge on any atom is -0.302 e. The lowest BCUT2D eigenvalue weighted by molar-refractivity contribution is -0.114. The molecule has 0 spiro atoms. The van der Waals surface area contributed by atoms with Crippen LogP contribution in [0.2, 0.25) is 0 Å². The molecule has 0 aliphatic rings. The van der Waals surface area contributed by atoms with E-state index in [-0.39, 0.29) is 5.91 Å². The van der Waals surface area contributed by atoms with Crippen LogP contribution in [0.1, 0.15) is 18.1 Å². The maximum atomic E-state index is 11.4. The Hall–Kier alpha value is -2.53. The Morgan fingerprint density at radius 1 is 1.17 bits per heavy atom. The maximum absolute atomic E-state index is 11.4. The molecule has 4 nitrogen and oxygen atoms in total. The van der Waals surface area contributed by atoms with Crippen molar-refractivity contribution in [3.05, 3.63) is 53.9 Å². The number of nitrogens with zero attached hydrogens (tertiary/aromatic N) is 2. The van der Waals surface area contributed by atoms with Crippen molar-refractivity contribution in [2.24, 2.45) is 0 Å². The van der Waals surface area contributed by atoms with Crippen molar-refractivity contribution < 1.29 is 4.79 Å². The number of carbonyl (C=O) groups excluding carboxylic acids is 1. The first-order valence-electron chi connectivity index (χ1n) is 7.22. The monoisotopic (exact) mass is 322 g/mol. The van der Waals surface area contributed by atoms with E-state index in [1.54, 1.807) is 6.20 Å². The van der Waals surface area contributed by atoms with Gasteiger partial charge < -0.3 is 5.32 Å². The SMILES string of the molecule is CC(=O)Nc1nc(-c2cc(C)cc(C)c2)c(-c2c[c]ncc2)s1. The van der Waals surface area contributed by atoms with Crippen LogP contribution in [-0.4, -0.2) is 15.9 Å². The third kappa shape index (κ3) is 3.46. The lowest BCUT2D eigenvalue weighted by Crippen LogP contribution is -2.04. The van der Waals surface area contributed by atoms with Gasteiger partial charge in [0.25, 0.3) is 0 Å². The number of rotatable bonds is 3. The minimum atomic E-state index is -0.126. The molecule has 23 heavy (non-hydrogen) atoms. The zero-order chi connectivity index (χ0) is 16.4. The van der Waals surface area contributed by atoms with Crippen LogP contribution in [0.4, 0.5) is 5.13 Å². The quantitative estimate of drug-likeness (QED) is 0.784. The molecule has 1 N–H and O–H groups in total. The normalized spacial score (nSPS) is 10.6. The highest BCUT2D eigenvalue weighted by Crippen LogP contribution is 2.39. The van der Waals surface area contributed by atoms with Gasteiger partial charge in [-0.25, -0.2) is 4.98 Å². The number of pyridine rings is 1. The molecule has 3 rings (SSSR count). The van der Waals surface area contributed by atoms with E-state index >= 15 is 0 Å². The average Bonchev–Trinajstić information content (AvgIpc) is 2.90. The fourth-order valence-corrected chi connectivity index (χ4v) is 3.51. The van der Waals surface area contributed by atoms with E-state index in [2.05, 4.69) is 53.5 Å².